The fourth-order valence-electron chi connectivity index (χ4n) is 5.27. The highest BCUT2D eigenvalue weighted by molar-refractivity contribution is 6.45. The minimum atomic E-state index is -0.918. The van der Waals surface area contributed by atoms with Crippen LogP contribution >= 0.6 is 0 Å². The quantitative estimate of drug-likeness (QED) is 0.368. The van der Waals surface area contributed by atoms with Gasteiger partial charge in [-0.05, 0) is 71.3 Å². The molecular weight excluding hydrogens is 443 g/mol. The molecule has 0 bridgehead atoms. The molecule has 194 valence electrons. The van der Waals surface area contributed by atoms with Crippen molar-refractivity contribution >= 4 is 18.8 Å². The van der Waals surface area contributed by atoms with Crippen LogP contribution in [-0.4, -0.2) is 64.7 Å². The lowest BCUT2D eigenvalue weighted by atomic mass is 9.79. The van der Waals surface area contributed by atoms with Crippen LogP contribution in [0.1, 0.15) is 78.4 Å². The number of nitrogens with one attached hydrogen (secondary N) is 1. The van der Waals surface area contributed by atoms with Crippen LogP contribution in [0.2, 0.25) is 6.32 Å². The van der Waals surface area contributed by atoms with Crippen LogP contribution in [0, 0.1) is 0 Å². The Kier molecular flexibility index (Phi) is 8.84. The van der Waals surface area contributed by atoms with Gasteiger partial charge in [-0.25, -0.2) is 0 Å². The number of benzene rings is 1. The van der Waals surface area contributed by atoms with E-state index in [4.69, 9.17) is 9.31 Å². The molecule has 1 amide bonds. The molecule has 2 N–H and O–H groups in total. The maximum Gasteiger partial charge on any atom is 0.457 e. The van der Waals surface area contributed by atoms with Gasteiger partial charge in [0.1, 0.15) is 0 Å². The Morgan fingerprint density at radius 3 is 2.29 bits per heavy atom. The van der Waals surface area contributed by atoms with Crippen LogP contribution in [-0.2, 0) is 31.9 Å². The second-order valence-corrected chi connectivity index (χ2v) is 11.3. The van der Waals surface area contributed by atoms with E-state index in [9.17, 15) is 14.7 Å². The Morgan fingerprint density at radius 1 is 1.09 bits per heavy atom. The molecule has 1 fully saturated rings. The summed E-state index contributed by atoms with van der Waals surface area (Å²) < 4.78 is 12.2. The lowest BCUT2D eigenvalue weighted by Crippen LogP contribution is -2.55. The first kappa shape index (κ1) is 27.8. The molecule has 1 saturated heterocycles. The first-order valence-electron chi connectivity index (χ1n) is 13.0. The van der Waals surface area contributed by atoms with Crippen molar-refractivity contribution in [2.75, 3.05) is 13.2 Å². The summed E-state index contributed by atoms with van der Waals surface area (Å²) in [7, 11) is -0.258. The molecule has 3 rings (SSSR count). The average Bonchev–Trinajstić information content (AvgIpc) is 2.99. The molecule has 1 aromatic rings. The second-order valence-electron chi connectivity index (χ2n) is 11.3. The largest absolute Gasteiger partial charge is 0.457 e. The first-order chi connectivity index (χ1) is 16.4. The molecular formula is C27H43BN2O5. The highest BCUT2D eigenvalue weighted by Crippen LogP contribution is 2.38. The highest BCUT2D eigenvalue weighted by Gasteiger charge is 2.50. The van der Waals surface area contributed by atoms with Crippen LogP contribution in [0.5, 0.6) is 0 Å². The van der Waals surface area contributed by atoms with Gasteiger partial charge in [-0.1, -0.05) is 37.1 Å². The van der Waals surface area contributed by atoms with Gasteiger partial charge in [0, 0.05) is 26.1 Å². The van der Waals surface area contributed by atoms with Crippen molar-refractivity contribution in [3.05, 3.63) is 35.4 Å². The second kappa shape index (κ2) is 11.1. The summed E-state index contributed by atoms with van der Waals surface area (Å²) in [6.45, 7) is 12.6. The number of hydrogen-bond donors (Lipinski definition) is 2. The number of carbonyl (C=O) groups is 2. The SMILES string of the molecule is CC(=O)N[C@](CCCCB1OC(C)(C)C(C)(C)O1)(CCN1Cc2ccccc2C[C@H]1CO)C(C)=O. The minimum absolute atomic E-state index is 0.00950. The van der Waals surface area contributed by atoms with Crippen molar-refractivity contribution in [3.8, 4) is 0 Å². The van der Waals surface area contributed by atoms with Crippen LogP contribution in [0.25, 0.3) is 0 Å². The zero-order chi connectivity index (χ0) is 25.9. The Labute approximate surface area is 211 Å². The third-order valence-electron chi connectivity index (χ3n) is 8.18. The third kappa shape index (κ3) is 6.53. The lowest BCUT2D eigenvalue weighted by Gasteiger charge is -2.39. The summed E-state index contributed by atoms with van der Waals surface area (Å²) in [6, 6.07) is 8.32. The molecule has 0 saturated carbocycles. The van der Waals surface area contributed by atoms with Crippen molar-refractivity contribution in [1.29, 1.82) is 0 Å². The van der Waals surface area contributed by atoms with Gasteiger partial charge < -0.3 is 19.7 Å². The van der Waals surface area contributed by atoms with E-state index in [1.165, 1.54) is 18.1 Å². The number of aliphatic hydroxyl groups is 1. The molecule has 0 radical (unpaired) electrons. The van der Waals surface area contributed by atoms with Gasteiger partial charge in [0.05, 0.1) is 23.3 Å². The van der Waals surface area contributed by atoms with E-state index in [-0.39, 0.29) is 42.7 Å². The number of hydrogen-bond acceptors (Lipinski definition) is 6. The smallest absolute Gasteiger partial charge is 0.403 e. The summed E-state index contributed by atoms with van der Waals surface area (Å²) in [6.07, 6.45) is 4.22. The number of fused-ring (bicyclic) bond motifs is 1. The van der Waals surface area contributed by atoms with Crippen molar-refractivity contribution in [3.63, 3.8) is 0 Å². The first-order valence-corrected chi connectivity index (χ1v) is 13.0. The number of unbranched alkanes of at least 4 members (excludes halogenated alkanes) is 1. The number of carbonyl (C=O) groups excluding carboxylic acids is 2. The van der Waals surface area contributed by atoms with Crippen LogP contribution < -0.4 is 5.32 Å². The predicted molar refractivity (Wildman–Crippen MR) is 138 cm³/mol. The van der Waals surface area contributed by atoms with Gasteiger partial charge in [-0.15, -0.1) is 0 Å². The number of nitrogens with zero attached hydrogens (tertiary/aromatic N) is 1. The van der Waals surface area contributed by atoms with Crippen molar-refractivity contribution < 1.29 is 24.0 Å². The Balaban J connectivity index is 1.62. The molecule has 8 heteroatoms. The number of ketones is 1. The molecule has 35 heavy (non-hydrogen) atoms. The molecule has 1 aromatic carbocycles. The van der Waals surface area contributed by atoms with Crippen molar-refractivity contribution in [2.45, 2.75) is 109 Å². The summed E-state index contributed by atoms with van der Waals surface area (Å²) in [5.74, 6) is -0.227. The fraction of sp³-hybridized carbons (Fsp3) is 0.704. The summed E-state index contributed by atoms with van der Waals surface area (Å²) in [5.41, 5.74) is 0.900. The zero-order valence-electron chi connectivity index (χ0n) is 22.4. The number of rotatable bonds is 11. The van der Waals surface area contributed by atoms with Gasteiger partial charge in [-0.2, -0.15) is 0 Å². The maximum absolute atomic E-state index is 12.9. The van der Waals surface area contributed by atoms with Crippen molar-refractivity contribution in [2.24, 2.45) is 0 Å². The molecule has 2 atom stereocenters. The summed E-state index contributed by atoms with van der Waals surface area (Å²) in [4.78, 5) is 27.3. The fourth-order valence-corrected chi connectivity index (χ4v) is 5.27. The molecule has 0 aromatic heterocycles. The van der Waals surface area contributed by atoms with E-state index in [2.05, 4.69) is 22.3 Å². The number of amides is 1. The molecule has 2 aliphatic heterocycles. The van der Waals surface area contributed by atoms with E-state index in [1.807, 2.05) is 39.8 Å². The van der Waals surface area contributed by atoms with Gasteiger partial charge >= 0.3 is 7.12 Å². The number of aliphatic hydroxyl groups excluding tert-OH is 1. The van der Waals surface area contributed by atoms with Crippen LogP contribution in [0.4, 0.5) is 0 Å². The van der Waals surface area contributed by atoms with Crippen molar-refractivity contribution in [1.82, 2.24) is 10.2 Å². The van der Waals surface area contributed by atoms with E-state index in [1.54, 1.807) is 6.92 Å². The van der Waals surface area contributed by atoms with Gasteiger partial charge in [0.25, 0.3) is 0 Å². The highest BCUT2D eigenvalue weighted by atomic mass is 16.7. The Bertz CT molecular complexity index is 889. The summed E-state index contributed by atoms with van der Waals surface area (Å²) >= 11 is 0. The molecule has 0 unspecified atom stereocenters. The van der Waals surface area contributed by atoms with Crippen LogP contribution in [0.3, 0.4) is 0 Å². The standard InChI is InChI=1S/C27H43BN2O5/c1-20(32)27(29-21(2)33,13-9-10-15-28-34-25(3,4)26(5,6)35-28)14-16-30-18-23-12-8-7-11-22(23)17-24(30)19-31/h7-8,11-12,24,31H,9-10,13-19H2,1-6H3,(H,29,33)/t24-,27+/m0/s1. The normalized spacial score (nSPS) is 22.9. The van der Waals surface area contributed by atoms with E-state index < -0.39 is 5.54 Å². The topological polar surface area (TPSA) is 88.1 Å². The van der Waals surface area contributed by atoms with E-state index in [0.29, 0.717) is 19.4 Å². The van der Waals surface area contributed by atoms with E-state index in [0.717, 1.165) is 32.1 Å². The molecule has 7 nitrogen and oxygen atoms in total. The monoisotopic (exact) mass is 486 g/mol. The Hall–Kier alpha value is -1.74. The molecule has 2 aliphatic rings. The third-order valence-corrected chi connectivity index (χ3v) is 8.18. The van der Waals surface area contributed by atoms with Crippen LogP contribution in [0.15, 0.2) is 24.3 Å². The maximum atomic E-state index is 12.9. The summed E-state index contributed by atoms with van der Waals surface area (Å²) in [5, 5.41) is 13.0. The van der Waals surface area contributed by atoms with E-state index >= 15 is 0 Å². The zero-order valence-corrected chi connectivity index (χ0v) is 22.4. The van der Waals surface area contributed by atoms with Gasteiger partial charge in [-0.3, -0.25) is 14.5 Å². The minimum Gasteiger partial charge on any atom is -0.403 e. The van der Waals surface area contributed by atoms with Gasteiger partial charge in [0.2, 0.25) is 5.91 Å². The van der Waals surface area contributed by atoms with Gasteiger partial charge in [0.15, 0.2) is 5.78 Å². The predicted octanol–water partition coefficient (Wildman–Crippen LogP) is 3.52. The molecule has 0 aliphatic carbocycles. The number of Topliss-reactive ketones (excluding diaryl/α,β-unsaturated/α-hetero) is 1. The Morgan fingerprint density at radius 2 is 1.71 bits per heavy atom. The molecule has 2 heterocycles. The molecule has 0 spiro atoms. The lowest BCUT2D eigenvalue weighted by molar-refractivity contribution is -0.131. The average molecular weight is 486 g/mol.